The molecular formula is C16H10O5. The lowest BCUT2D eigenvalue weighted by Crippen LogP contribution is -2.19. The zero-order chi connectivity index (χ0) is 15.0. The molecule has 0 aliphatic rings. The number of carboxylic acid groups (broad SMARTS) is 1. The van der Waals surface area contributed by atoms with E-state index in [1.54, 1.807) is 48.5 Å². The van der Waals surface area contributed by atoms with Crippen LogP contribution < -0.4 is 4.74 Å². The van der Waals surface area contributed by atoms with Gasteiger partial charge in [0.25, 0.3) is 0 Å². The molecule has 0 unspecified atom stereocenters. The fourth-order valence-electron chi connectivity index (χ4n) is 2.31. The first-order valence-corrected chi connectivity index (χ1v) is 6.17. The highest BCUT2D eigenvalue weighted by Gasteiger charge is 2.20. The van der Waals surface area contributed by atoms with E-state index in [2.05, 4.69) is 0 Å². The highest BCUT2D eigenvalue weighted by molar-refractivity contribution is 6.30. The average Bonchev–Trinajstić information content (AvgIpc) is 2.51. The van der Waals surface area contributed by atoms with Crippen molar-refractivity contribution in [3.8, 4) is 11.5 Å². The number of phenolic OH excluding ortho intramolecular Hbond substituents is 1. The maximum absolute atomic E-state index is 11.4. The summed E-state index contributed by atoms with van der Waals surface area (Å²) >= 11 is 0. The largest absolute Gasteiger partial charge is 0.507 e. The summed E-state index contributed by atoms with van der Waals surface area (Å²) in [6.07, 6.45) is 0. The van der Waals surface area contributed by atoms with Gasteiger partial charge in [-0.25, -0.2) is 9.59 Å². The van der Waals surface area contributed by atoms with Gasteiger partial charge in [-0.1, -0.05) is 48.5 Å². The fraction of sp³-hybridized carbons (Fsp3) is 0. The predicted octanol–water partition coefficient (Wildman–Crippen LogP) is 2.69. The first-order chi connectivity index (χ1) is 10.1. The minimum absolute atomic E-state index is 0.0660. The molecule has 3 rings (SSSR count). The van der Waals surface area contributed by atoms with Crippen molar-refractivity contribution in [3.05, 3.63) is 48.5 Å². The van der Waals surface area contributed by atoms with Crippen molar-refractivity contribution in [3.63, 3.8) is 0 Å². The van der Waals surface area contributed by atoms with Gasteiger partial charge in [0.2, 0.25) is 0 Å². The molecule has 0 amide bonds. The smallest absolute Gasteiger partial charge is 0.422 e. The Morgan fingerprint density at radius 3 is 1.67 bits per heavy atom. The van der Waals surface area contributed by atoms with Gasteiger partial charge >= 0.3 is 11.9 Å². The number of hydrogen-bond acceptors (Lipinski definition) is 4. The average molecular weight is 282 g/mol. The molecule has 0 atom stereocenters. The Morgan fingerprint density at radius 2 is 1.24 bits per heavy atom. The number of carbonyl (C=O) groups excluding carboxylic acids is 1. The van der Waals surface area contributed by atoms with Crippen LogP contribution in [-0.4, -0.2) is 22.2 Å². The number of aliphatic carboxylic acids is 1. The van der Waals surface area contributed by atoms with Gasteiger partial charge in [0.05, 0.1) is 0 Å². The van der Waals surface area contributed by atoms with E-state index in [0.29, 0.717) is 21.5 Å². The molecule has 0 spiro atoms. The zero-order valence-corrected chi connectivity index (χ0v) is 10.7. The third kappa shape index (κ3) is 2.04. The molecule has 0 bridgehead atoms. The zero-order valence-electron chi connectivity index (χ0n) is 10.7. The molecule has 0 aliphatic carbocycles. The molecular weight excluding hydrogens is 272 g/mol. The predicted molar refractivity (Wildman–Crippen MR) is 76.4 cm³/mol. The topological polar surface area (TPSA) is 83.8 Å². The van der Waals surface area contributed by atoms with E-state index in [0.717, 1.165) is 0 Å². The monoisotopic (exact) mass is 282 g/mol. The van der Waals surface area contributed by atoms with E-state index >= 15 is 0 Å². The Morgan fingerprint density at radius 1 is 0.810 bits per heavy atom. The van der Waals surface area contributed by atoms with Crippen LogP contribution in [0.25, 0.3) is 21.5 Å². The number of rotatable bonds is 1. The third-order valence-electron chi connectivity index (χ3n) is 3.22. The number of carboxylic acids is 1. The summed E-state index contributed by atoms with van der Waals surface area (Å²) in [4.78, 5) is 22.1. The van der Waals surface area contributed by atoms with Crippen LogP contribution in [0.2, 0.25) is 0 Å². The van der Waals surface area contributed by atoms with E-state index in [-0.39, 0.29) is 11.5 Å². The number of aromatic hydroxyl groups is 1. The van der Waals surface area contributed by atoms with E-state index in [1.165, 1.54) is 0 Å². The molecule has 0 fully saturated rings. The summed E-state index contributed by atoms with van der Waals surface area (Å²) in [6.45, 7) is 0. The van der Waals surface area contributed by atoms with Crippen molar-refractivity contribution in [2.24, 2.45) is 0 Å². The summed E-state index contributed by atoms with van der Waals surface area (Å²) < 4.78 is 5.01. The molecule has 0 radical (unpaired) electrons. The van der Waals surface area contributed by atoms with Crippen molar-refractivity contribution in [2.75, 3.05) is 0 Å². The molecule has 3 aromatic rings. The second-order valence-corrected chi connectivity index (χ2v) is 4.46. The standard InChI is InChI=1S/C16H10O5/c17-13-9-5-1-3-7-11(9)14(21-16(20)15(18)19)12-8-4-2-6-10(12)13/h1-8,17H,(H,18,19). The lowest BCUT2D eigenvalue weighted by atomic mass is 10.0. The van der Waals surface area contributed by atoms with E-state index in [4.69, 9.17) is 9.84 Å². The molecule has 0 aromatic heterocycles. The molecule has 0 saturated carbocycles. The Bertz CT molecular complexity index is 825. The normalized spacial score (nSPS) is 10.7. The van der Waals surface area contributed by atoms with Gasteiger partial charge in [0.1, 0.15) is 11.5 Å². The Hall–Kier alpha value is -3.08. The fourth-order valence-corrected chi connectivity index (χ4v) is 2.31. The maximum Gasteiger partial charge on any atom is 0.422 e. The van der Waals surface area contributed by atoms with Crippen LogP contribution in [0.1, 0.15) is 0 Å². The second kappa shape index (κ2) is 4.79. The number of esters is 1. The van der Waals surface area contributed by atoms with Gasteiger partial charge < -0.3 is 14.9 Å². The molecule has 2 N–H and O–H groups in total. The molecule has 104 valence electrons. The van der Waals surface area contributed by atoms with E-state index in [9.17, 15) is 14.7 Å². The van der Waals surface area contributed by atoms with E-state index < -0.39 is 11.9 Å². The molecule has 0 heterocycles. The van der Waals surface area contributed by atoms with Crippen LogP contribution in [0.4, 0.5) is 0 Å². The highest BCUT2D eigenvalue weighted by Crippen LogP contribution is 2.41. The molecule has 0 aliphatic heterocycles. The summed E-state index contributed by atoms with van der Waals surface area (Å²) in [7, 11) is 0. The number of carbonyl (C=O) groups is 2. The van der Waals surface area contributed by atoms with Gasteiger partial charge in [0.15, 0.2) is 0 Å². The van der Waals surface area contributed by atoms with Crippen LogP contribution in [0, 0.1) is 0 Å². The van der Waals surface area contributed by atoms with E-state index in [1.807, 2.05) is 0 Å². The Kier molecular flexibility index (Phi) is 2.95. The minimum Gasteiger partial charge on any atom is -0.507 e. The van der Waals surface area contributed by atoms with Crippen molar-refractivity contribution < 1.29 is 24.5 Å². The number of phenols is 1. The first-order valence-electron chi connectivity index (χ1n) is 6.17. The lowest BCUT2D eigenvalue weighted by Gasteiger charge is -2.12. The van der Waals surface area contributed by atoms with Gasteiger partial charge in [0, 0.05) is 21.5 Å². The van der Waals surface area contributed by atoms with Crippen LogP contribution in [0.3, 0.4) is 0 Å². The van der Waals surface area contributed by atoms with Crippen molar-refractivity contribution in [2.45, 2.75) is 0 Å². The van der Waals surface area contributed by atoms with Gasteiger partial charge in [-0.15, -0.1) is 0 Å². The van der Waals surface area contributed by atoms with Crippen LogP contribution in [0.5, 0.6) is 11.5 Å². The van der Waals surface area contributed by atoms with Gasteiger partial charge in [-0.05, 0) is 0 Å². The van der Waals surface area contributed by atoms with Gasteiger partial charge in [-0.2, -0.15) is 0 Å². The van der Waals surface area contributed by atoms with Crippen molar-refractivity contribution in [1.82, 2.24) is 0 Å². The summed E-state index contributed by atoms with van der Waals surface area (Å²) in [6, 6.07) is 13.6. The summed E-state index contributed by atoms with van der Waals surface area (Å²) in [5, 5.41) is 21.0. The first kappa shape index (κ1) is 12.9. The van der Waals surface area contributed by atoms with Crippen LogP contribution in [0.15, 0.2) is 48.5 Å². The van der Waals surface area contributed by atoms with Crippen molar-refractivity contribution >= 4 is 33.5 Å². The lowest BCUT2D eigenvalue weighted by molar-refractivity contribution is -0.157. The maximum atomic E-state index is 11.4. The second-order valence-electron chi connectivity index (χ2n) is 4.46. The Balaban J connectivity index is 2.40. The van der Waals surface area contributed by atoms with Crippen LogP contribution in [-0.2, 0) is 9.59 Å². The number of fused-ring (bicyclic) bond motifs is 2. The summed E-state index contributed by atoms with van der Waals surface area (Å²) in [5.41, 5.74) is 0. The molecule has 0 saturated heterocycles. The molecule has 21 heavy (non-hydrogen) atoms. The summed E-state index contributed by atoms with van der Waals surface area (Å²) in [5.74, 6) is -2.84. The number of ether oxygens (including phenoxy) is 1. The number of benzene rings is 3. The quantitative estimate of drug-likeness (QED) is 0.310. The van der Waals surface area contributed by atoms with Gasteiger partial charge in [-0.3, -0.25) is 0 Å². The van der Waals surface area contributed by atoms with Crippen molar-refractivity contribution in [1.29, 1.82) is 0 Å². The number of hydrogen-bond donors (Lipinski definition) is 2. The third-order valence-corrected chi connectivity index (χ3v) is 3.22. The Labute approximate surface area is 119 Å². The molecule has 3 aromatic carbocycles. The SMILES string of the molecule is O=C(O)C(=O)Oc1c2ccccc2c(O)c2ccccc12. The minimum atomic E-state index is -1.67. The highest BCUT2D eigenvalue weighted by atomic mass is 16.6. The molecule has 5 nitrogen and oxygen atoms in total. The van der Waals surface area contributed by atoms with Crippen LogP contribution >= 0.6 is 0 Å². The molecule has 5 heteroatoms.